The Morgan fingerprint density at radius 1 is 0.671 bits per heavy atom. The van der Waals surface area contributed by atoms with E-state index >= 15 is 0 Å². The number of ether oxygens (including phenoxy) is 3. The summed E-state index contributed by atoms with van der Waals surface area (Å²) in [5.74, 6) is -2.47. The van der Waals surface area contributed by atoms with Gasteiger partial charge in [0.25, 0.3) is 34.7 Å². The summed E-state index contributed by atoms with van der Waals surface area (Å²) in [5.41, 5.74) is 1.95. The lowest BCUT2D eigenvalue weighted by atomic mass is 10.1. The van der Waals surface area contributed by atoms with Gasteiger partial charge in [0.1, 0.15) is 29.2 Å². The van der Waals surface area contributed by atoms with E-state index in [-0.39, 0.29) is 93.0 Å². The molecule has 22 nitrogen and oxygen atoms in total. The van der Waals surface area contributed by atoms with Gasteiger partial charge in [-0.2, -0.15) is 27.0 Å². The van der Waals surface area contributed by atoms with Gasteiger partial charge in [0.2, 0.25) is 0 Å². The number of carbonyl (C=O) groups is 6. The van der Waals surface area contributed by atoms with E-state index in [0.29, 0.717) is 45.3 Å². The molecule has 2 unspecified atom stereocenters. The number of hydrogen-bond donors (Lipinski definition) is 9. The van der Waals surface area contributed by atoms with Crippen LogP contribution in [0.5, 0.6) is 11.5 Å². The molecule has 4 heterocycles. The molecule has 368 valence electrons. The molecule has 0 spiro atoms. The lowest BCUT2D eigenvalue weighted by molar-refractivity contribution is -0.155. The van der Waals surface area contributed by atoms with Crippen molar-refractivity contribution in [2.24, 2.45) is 0 Å². The standard InChI is InChI=1S/C25H27N5O6.C21H19N5O6.2H2S/c1-13(24(34)36-25(2,3)4)27-15-6-5-7-16-20(15)22(32)30-21(29-16)23(33)26-11-14-8-9-18-17(10-14)28-19(31)12-35-18;1-10(21(30)31)23-12-3-2-4-13-17(12)19(28)26-18(25-13)20(29)22-8-11-5-6-15-14(7-11)24-16(27)9-32-15;;/h5-10,13,27H,11-12H2,1-4H3,(H,26,33)(H,28,31)(H,29,30,32);2-7,10,23H,8-9H2,1H3,(H,22,29)(H,24,27)(H,30,31)(H,25,26,28);2*1H2. The topological polar surface area (TPSA) is 314 Å². The van der Waals surface area contributed by atoms with Crippen LogP contribution in [-0.2, 0) is 37.0 Å². The first-order chi connectivity index (χ1) is 32.3. The van der Waals surface area contributed by atoms with E-state index in [1.165, 1.54) is 6.92 Å². The van der Waals surface area contributed by atoms with E-state index in [1.54, 1.807) is 100 Å². The van der Waals surface area contributed by atoms with Crippen LogP contribution in [0.25, 0.3) is 21.8 Å². The maximum atomic E-state index is 12.9. The highest BCUT2D eigenvalue weighted by Gasteiger charge is 2.24. The van der Waals surface area contributed by atoms with Crippen LogP contribution in [-0.4, -0.2) is 91.5 Å². The molecule has 2 aromatic heterocycles. The van der Waals surface area contributed by atoms with Crippen LogP contribution >= 0.6 is 27.0 Å². The minimum atomic E-state index is -1.07. The van der Waals surface area contributed by atoms with Gasteiger partial charge < -0.3 is 61.2 Å². The Morgan fingerprint density at radius 3 is 1.51 bits per heavy atom. The Labute approximate surface area is 412 Å². The van der Waals surface area contributed by atoms with Gasteiger partial charge in [-0.05, 0) is 94.3 Å². The molecule has 70 heavy (non-hydrogen) atoms. The number of hydrogen-bond acceptors (Lipinski definition) is 15. The first-order valence-corrected chi connectivity index (χ1v) is 21.0. The van der Waals surface area contributed by atoms with Gasteiger partial charge in [-0.1, -0.05) is 24.3 Å². The van der Waals surface area contributed by atoms with Crippen molar-refractivity contribution in [3.8, 4) is 11.5 Å². The van der Waals surface area contributed by atoms with Crippen LogP contribution in [0.3, 0.4) is 0 Å². The zero-order chi connectivity index (χ0) is 48.9. The number of esters is 1. The molecule has 6 aromatic rings. The molecule has 0 fully saturated rings. The van der Waals surface area contributed by atoms with E-state index in [4.69, 9.17) is 19.3 Å². The molecule has 0 saturated carbocycles. The summed E-state index contributed by atoms with van der Waals surface area (Å²) in [7, 11) is 0. The smallest absolute Gasteiger partial charge is 0.328 e. The molecule has 0 aliphatic carbocycles. The number of amides is 4. The average Bonchev–Trinajstić information content (AvgIpc) is 3.29. The molecule has 8 rings (SSSR count). The van der Waals surface area contributed by atoms with E-state index in [1.807, 2.05) is 0 Å². The van der Waals surface area contributed by atoms with Gasteiger partial charge in [0, 0.05) is 24.5 Å². The van der Waals surface area contributed by atoms with Crippen LogP contribution < -0.4 is 52.5 Å². The minimum absolute atomic E-state index is 0. The van der Waals surface area contributed by atoms with Crippen LogP contribution in [0, 0.1) is 0 Å². The maximum absolute atomic E-state index is 12.9. The van der Waals surface area contributed by atoms with Gasteiger partial charge >= 0.3 is 11.9 Å². The number of aromatic nitrogens is 4. The van der Waals surface area contributed by atoms with Gasteiger partial charge in [-0.25, -0.2) is 14.8 Å². The van der Waals surface area contributed by atoms with Crippen LogP contribution in [0.2, 0.25) is 0 Å². The SMILES string of the molecule is CC(Nc1cccc2nc(C(=O)NCc3ccc4c(c3)NC(=O)CO4)[nH]c(=O)c12)C(=O)O.CC(Nc1cccc2nc(C(=O)NCc3ccc4c(c3)NC(=O)CO4)[nH]c(=O)c12)C(=O)OC(C)(C)C.S.S. The van der Waals surface area contributed by atoms with Crippen molar-refractivity contribution in [3.05, 3.63) is 116 Å². The van der Waals surface area contributed by atoms with Crippen molar-refractivity contribution in [1.29, 1.82) is 0 Å². The fourth-order valence-electron chi connectivity index (χ4n) is 6.83. The molecule has 0 radical (unpaired) electrons. The molecule has 9 N–H and O–H groups in total. The summed E-state index contributed by atoms with van der Waals surface area (Å²) in [6.45, 7) is 8.58. The molecule has 2 aliphatic heterocycles. The number of carboxylic acid groups (broad SMARTS) is 1. The number of rotatable bonds is 12. The third kappa shape index (κ3) is 12.9. The third-order valence-corrected chi connectivity index (χ3v) is 10.0. The number of fused-ring (bicyclic) bond motifs is 4. The van der Waals surface area contributed by atoms with Crippen molar-refractivity contribution < 1.29 is 48.1 Å². The molecule has 4 amide bonds. The second-order valence-electron chi connectivity index (χ2n) is 16.5. The highest BCUT2D eigenvalue weighted by atomic mass is 32.1. The maximum Gasteiger partial charge on any atom is 0.328 e. The summed E-state index contributed by atoms with van der Waals surface area (Å²) >= 11 is 0. The molecular formula is C46H50N10O12S2. The zero-order valence-corrected chi connectivity index (χ0v) is 40.2. The Balaban J connectivity index is 0.000000255. The summed E-state index contributed by atoms with van der Waals surface area (Å²) in [6, 6.07) is 18.3. The lowest BCUT2D eigenvalue weighted by Gasteiger charge is -2.23. The predicted octanol–water partition coefficient (Wildman–Crippen LogP) is 3.62. The minimum Gasteiger partial charge on any atom is -0.482 e. The quantitative estimate of drug-likeness (QED) is 0.0791. The highest BCUT2D eigenvalue weighted by molar-refractivity contribution is 7.59. The normalized spacial score (nSPS) is 13.2. The van der Waals surface area contributed by atoms with Crippen molar-refractivity contribution in [2.45, 2.75) is 65.4 Å². The first kappa shape index (κ1) is 52.8. The number of H-pyrrole nitrogens is 2. The van der Waals surface area contributed by atoms with Gasteiger partial charge in [0.15, 0.2) is 24.9 Å². The van der Waals surface area contributed by atoms with Crippen molar-refractivity contribution in [1.82, 2.24) is 30.6 Å². The molecular weight excluding hydrogens is 949 g/mol. The van der Waals surface area contributed by atoms with E-state index in [9.17, 15) is 38.4 Å². The molecule has 2 atom stereocenters. The molecule has 0 bridgehead atoms. The summed E-state index contributed by atoms with van der Waals surface area (Å²) in [5, 5.41) is 26.0. The number of nitrogens with zero attached hydrogens (tertiary/aromatic N) is 2. The Morgan fingerprint density at radius 2 is 1.10 bits per heavy atom. The van der Waals surface area contributed by atoms with Crippen molar-refractivity contribution in [3.63, 3.8) is 0 Å². The molecule has 0 saturated heterocycles. The average molecular weight is 999 g/mol. The van der Waals surface area contributed by atoms with Gasteiger partial charge in [0.05, 0.1) is 33.2 Å². The predicted molar refractivity (Wildman–Crippen MR) is 269 cm³/mol. The number of benzene rings is 4. The molecule has 24 heteroatoms. The summed E-state index contributed by atoms with van der Waals surface area (Å²) in [6.07, 6.45) is 0. The number of carbonyl (C=O) groups excluding carboxylic acids is 5. The van der Waals surface area contributed by atoms with E-state index < -0.39 is 52.6 Å². The van der Waals surface area contributed by atoms with E-state index in [0.717, 1.165) is 5.56 Å². The van der Waals surface area contributed by atoms with Crippen molar-refractivity contribution >= 4 is 107 Å². The monoisotopic (exact) mass is 998 g/mol. The lowest BCUT2D eigenvalue weighted by Crippen LogP contribution is -2.35. The second kappa shape index (κ2) is 22.3. The number of carboxylic acids is 1. The Hall–Kier alpha value is -8.12. The molecule has 4 aromatic carbocycles. The van der Waals surface area contributed by atoms with Gasteiger partial charge in [-0.15, -0.1) is 0 Å². The van der Waals surface area contributed by atoms with Crippen molar-refractivity contribution in [2.75, 3.05) is 34.5 Å². The summed E-state index contributed by atoms with van der Waals surface area (Å²) in [4.78, 5) is 111. The number of aromatic amines is 2. The highest BCUT2D eigenvalue weighted by Crippen LogP contribution is 2.30. The fraction of sp³-hybridized carbons (Fsp3) is 0.261. The van der Waals surface area contributed by atoms with E-state index in [2.05, 4.69) is 51.8 Å². The fourth-order valence-corrected chi connectivity index (χ4v) is 6.83. The summed E-state index contributed by atoms with van der Waals surface area (Å²) < 4.78 is 16.0. The van der Waals surface area contributed by atoms with Crippen LogP contribution in [0.15, 0.2) is 82.4 Å². The van der Waals surface area contributed by atoms with Crippen LogP contribution in [0.4, 0.5) is 22.7 Å². The second-order valence-corrected chi connectivity index (χ2v) is 16.5. The largest absolute Gasteiger partial charge is 0.482 e. The van der Waals surface area contributed by atoms with Crippen LogP contribution in [0.1, 0.15) is 67.0 Å². The number of aliphatic carboxylic acids is 1. The Kier molecular flexibility index (Phi) is 16.9. The Bertz CT molecular complexity index is 3140. The number of nitrogens with one attached hydrogen (secondary N) is 8. The zero-order valence-electron chi connectivity index (χ0n) is 38.2. The first-order valence-electron chi connectivity index (χ1n) is 21.0. The number of anilines is 4. The van der Waals surface area contributed by atoms with Gasteiger partial charge in [-0.3, -0.25) is 33.6 Å². The third-order valence-electron chi connectivity index (χ3n) is 10.0. The molecule has 2 aliphatic rings.